The summed E-state index contributed by atoms with van der Waals surface area (Å²) in [6.45, 7) is 0. The SMILES string of the molecule is O=C(Br)c1ccc(Br)o1. The minimum absolute atomic E-state index is 0.242. The van der Waals surface area contributed by atoms with Crippen molar-refractivity contribution in [2.45, 2.75) is 0 Å². The normalized spacial score (nSPS) is 9.56. The van der Waals surface area contributed by atoms with E-state index in [1.54, 1.807) is 12.1 Å². The molecule has 1 rings (SSSR count). The van der Waals surface area contributed by atoms with Crippen LogP contribution in [0.15, 0.2) is 21.2 Å². The van der Waals surface area contributed by atoms with Crippen LogP contribution in [0.25, 0.3) is 0 Å². The molecule has 48 valence electrons. The maximum Gasteiger partial charge on any atom is 0.263 e. The molecular formula is C5H2Br2O2. The fourth-order valence-corrected chi connectivity index (χ4v) is 0.940. The lowest BCUT2D eigenvalue weighted by atomic mass is 10.5. The van der Waals surface area contributed by atoms with Gasteiger partial charge in [-0.3, -0.25) is 4.79 Å². The fraction of sp³-hybridized carbons (Fsp3) is 0. The van der Waals surface area contributed by atoms with Crippen molar-refractivity contribution >= 4 is 36.6 Å². The quantitative estimate of drug-likeness (QED) is 0.721. The summed E-state index contributed by atoms with van der Waals surface area (Å²) < 4.78 is 5.18. The molecule has 9 heavy (non-hydrogen) atoms. The third-order valence-electron chi connectivity index (χ3n) is 0.767. The highest BCUT2D eigenvalue weighted by atomic mass is 79.9. The van der Waals surface area contributed by atoms with Gasteiger partial charge in [0, 0.05) is 15.9 Å². The molecule has 0 bridgehead atoms. The predicted molar refractivity (Wildman–Crippen MR) is 39.7 cm³/mol. The van der Waals surface area contributed by atoms with E-state index in [1.807, 2.05) is 0 Å². The molecule has 0 spiro atoms. The van der Waals surface area contributed by atoms with E-state index in [9.17, 15) is 4.79 Å². The molecule has 2 nitrogen and oxygen atoms in total. The summed E-state index contributed by atoms with van der Waals surface area (Å²) in [4.78, 5) is 10.5. The Kier molecular flexibility index (Phi) is 2.08. The van der Waals surface area contributed by atoms with E-state index < -0.39 is 0 Å². The largest absolute Gasteiger partial charge is 0.445 e. The Morgan fingerprint density at radius 2 is 2.22 bits per heavy atom. The van der Waals surface area contributed by atoms with Gasteiger partial charge in [-0.25, -0.2) is 0 Å². The molecule has 1 heterocycles. The minimum Gasteiger partial charge on any atom is -0.445 e. The van der Waals surface area contributed by atoms with Gasteiger partial charge in [0.2, 0.25) is 0 Å². The smallest absolute Gasteiger partial charge is 0.263 e. The lowest BCUT2D eigenvalue weighted by Crippen LogP contribution is -1.79. The molecule has 0 unspecified atom stereocenters. The van der Waals surface area contributed by atoms with Crippen LogP contribution in [-0.2, 0) is 0 Å². The summed E-state index contributed by atoms with van der Waals surface area (Å²) in [5, 5.41) is 0. The van der Waals surface area contributed by atoms with Gasteiger partial charge in [0.1, 0.15) is 0 Å². The van der Waals surface area contributed by atoms with E-state index >= 15 is 0 Å². The van der Waals surface area contributed by atoms with Gasteiger partial charge in [-0.2, -0.15) is 0 Å². The summed E-state index contributed by atoms with van der Waals surface area (Å²) in [5.41, 5.74) is 0. The monoisotopic (exact) mass is 252 g/mol. The van der Waals surface area contributed by atoms with Crippen LogP contribution in [0.3, 0.4) is 0 Å². The number of carbonyl (C=O) groups is 1. The Bertz CT molecular complexity index is 229. The molecule has 0 aliphatic carbocycles. The van der Waals surface area contributed by atoms with Gasteiger partial charge >= 0.3 is 0 Å². The third-order valence-corrected chi connectivity index (χ3v) is 1.58. The molecule has 0 saturated carbocycles. The fourth-order valence-electron chi connectivity index (χ4n) is 0.420. The van der Waals surface area contributed by atoms with E-state index in [0.717, 1.165) is 0 Å². The van der Waals surface area contributed by atoms with Crippen LogP contribution in [0.2, 0.25) is 0 Å². The van der Waals surface area contributed by atoms with Crippen LogP contribution in [0.4, 0.5) is 0 Å². The number of hydrogen-bond donors (Lipinski definition) is 0. The van der Waals surface area contributed by atoms with Gasteiger partial charge in [0.15, 0.2) is 10.4 Å². The average Bonchev–Trinajstić information content (AvgIpc) is 2.14. The molecule has 0 amide bonds. The molecule has 0 radical (unpaired) electrons. The molecule has 0 aliphatic heterocycles. The molecule has 0 atom stereocenters. The van der Waals surface area contributed by atoms with Gasteiger partial charge in [0.05, 0.1) is 0 Å². The van der Waals surface area contributed by atoms with Crippen molar-refractivity contribution in [3.63, 3.8) is 0 Å². The Labute approximate surface area is 68.5 Å². The molecule has 0 aromatic carbocycles. The van der Waals surface area contributed by atoms with Crippen LogP contribution in [0.5, 0.6) is 0 Å². The number of carbonyl (C=O) groups excluding carboxylic acids is 1. The Morgan fingerprint density at radius 1 is 1.56 bits per heavy atom. The average molecular weight is 254 g/mol. The minimum atomic E-state index is -0.242. The second-order valence-corrected chi connectivity index (χ2v) is 2.88. The van der Waals surface area contributed by atoms with Gasteiger partial charge < -0.3 is 4.42 Å². The Balaban J connectivity index is 2.98. The maximum absolute atomic E-state index is 10.5. The summed E-state index contributed by atoms with van der Waals surface area (Å²) in [7, 11) is 0. The molecule has 0 N–H and O–H groups in total. The summed E-state index contributed by atoms with van der Waals surface area (Å²) in [6.07, 6.45) is 0. The van der Waals surface area contributed by atoms with E-state index in [2.05, 4.69) is 31.9 Å². The molecule has 0 fully saturated rings. The molecule has 0 saturated heterocycles. The topological polar surface area (TPSA) is 30.2 Å². The van der Waals surface area contributed by atoms with Gasteiger partial charge in [-0.05, 0) is 28.1 Å². The second kappa shape index (κ2) is 2.66. The molecular weight excluding hydrogens is 252 g/mol. The molecule has 1 aromatic rings. The third kappa shape index (κ3) is 1.66. The van der Waals surface area contributed by atoms with Crippen molar-refractivity contribution in [3.05, 3.63) is 22.6 Å². The van der Waals surface area contributed by atoms with E-state index in [-0.39, 0.29) is 4.69 Å². The zero-order valence-electron chi connectivity index (χ0n) is 4.23. The van der Waals surface area contributed by atoms with Crippen molar-refractivity contribution in [2.75, 3.05) is 0 Å². The lowest BCUT2D eigenvalue weighted by molar-refractivity contribution is 0.107. The first-order valence-corrected chi connectivity index (χ1v) is 3.74. The number of halogens is 2. The number of hydrogen-bond acceptors (Lipinski definition) is 2. The van der Waals surface area contributed by atoms with Crippen molar-refractivity contribution in [1.82, 2.24) is 0 Å². The lowest BCUT2D eigenvalue weighted by Gasteiger charge is -1.80. The first-order chi connectivity index (χ1) is 4.20. The highest BCUT2D eigenvalue weighted by molar-refractivity contribution is 9.18. The van der Waals surface area contributed by atoms with E-state index in [1.165, 1.54) is 0 Å². The zero-order chi connectivity index (χ0) is 6.85. The van der Waals surface area contributed by atoms with Crippen LogP contribution in [0.1, 0.15) is 10.6 Å². The van der Waals surface area contributed by atoms with Gasteiger partial charge in [-0.15, -0.1) is 0 Å². The number of rotatable bonds is 1. The first-order valence-electron chi connectivity index (χ1n) is 2.15. The Morgan fingerprint density at radius 3 is 2.44 bits per heavy atom. The first kappa shape index (κ1) is 7.02. The summed E-state index contributed by atoms with van der Waals surface area (Å²) in [6, 6.07) is 3.25. The van der Waals surface area contributed by atoms with Crippen molar-refractivity contribution in [3.8, 4) is 0 Å². The van der Waals surface area contributed by atoms with E-state index in [4.69, 9.17) is 4.42 Å². The number of furan rings is 1. The Hall–Kier alpha value is -0.0900. The highest BCUT2D eigenvalue weighted by Crippen LogP contribution is 2.15. The maximum atomic E-state index is 10.5. The molecule has 0 aliphatic rings. The molecule has 1 aromatic heterocycles. The van der Waals surface area contributed by atoms with Crippen molar-refractivity contribution in [1.29, 1.82) is 0 Å². The van der Waals surface area contributed by atoms with E-state index in [0.29, 0.717) is 10.4 Å². The molecule has 4 heteroatoms. The van der Waals surface area contributed by atoms with Crippen molar-refractivity contribution < 1.29 is 9.21 Å². The van der Waals surface area contributed by atoms with Crippen molar-refractivity contribution in [2.24, 2.45) is 0 Å². The second-order valence-electron chi connectivity index (χ2n) is 1.38. The van der Waals surface area contributed by atoms with Crippen LogP contribution in [0, 0.1) is 0 Å². The van der Waals surface area contributed by atoms with Crippen LogP contribution < -0.4 is 0 Å². The highest BCUT2D eigenvalue weighted by Gasteiger charge is 2.04. The summed E-state index contributed by atoms with van der Waals surface area (Å²) in [5.74, 6) is 0.307. The van der Waals surface area contributed by atoms with Gasteiger partial charge in [0.25, 0.3) is 4.69 Å². The zero-order valence-corrected chi connectivity index (χ0v) is 7.40. The standard InChI is InChI=1S/C5H2Br2O2/c6-4-2-1-3(9-4)5(7)8/h1-2H. The summed E-state index contributed by atoms with van der Waals surface area (Å²) >= 11 is 5.80. The predicted octanol–water partition coefficient (Wildman–Crippen LogP) is 2.58. The van der Waals surface area contributed by atoms with Gasteiger partial charge in [-0.1, -0.05) is 0 Å². The van der Waals surface area contributed by atoms with Crippen LogP contribution >= 0.6 is 31.9 Å². The van der Waals surface area contributed by atoms with Crippen LogP contribution in [-0.4, -0.2) is 4.69 Å².